The van der Waals surface area contributed by atoms with Gasteiger partial charge in [0.15, 0.2) is 0 Å². The van der Waals surface area contributed by atoms with Gasteiger partial charge in [-0.2, -0.15) is 0 Å². The van der Waals surface area contributed by atoms with Crippen LogP contribution in [0.2, 0.25) is 0 Å². The number of carbonyl (C=O) groups excluding carboxylic acids is 2. The van der Waals surface area contributed by atoms with Crippen LogP contribution in [0.5, 0.6) is 0 Å². The molecule has 0 amide bonds. The zero-order valence-electron chi connectivity index (χ0n) is 30.8. The summed E-state index contributed by atoms with van der Waals surface area (Å²) >= 11 is 10.6. The Morgan fingerprint density at radius 2 is 0.965 bits per heavy atom. The van der Waals surface area contributed by atoms with E-state index in [1.54, 1.807) is 6.08 Å². The van der Waals surface area contributed by atoms with Crippen LogP contribution in [0.25, 0.3) is 6.08 Å². The van der Waals surface area contributed by atoms with Gasteiger partial charge in [0, 0.05) is 16.6 Å². The van der Waals surface area contributed by atoms with E-state index in [1.807, 2.05) is 67.6 Å². The third-order valence-electron chi connectivity index (χ3n) is 6.64. The molecule has 0 radical (unpaired) electrons. The molecular weight excluding hydrogens is 850 g/mol. The molecule has 0 aliphatic rings. The quantitative estimate of drug-likeness (QED) is 0.0336. The lowest BCUT2D eigenvalue weighted by molar-refractivity contribution is -0.138. The highest BCUT2D eigenvalue weighted by atomic mass is 79.9. The molecule has 0 bridgehead atoms. The van der Waals surface area contributed by atoms with Crippen LogP contribution in [0, 0.1) is 0 Å². The third kappa shape index (κ3) is 31.0. The Hall–Kier alpha value is -3.77. The molecule has 1 atom stereocenters. The van der Waals surface area contributed by atoms with E-state index in [2.05, 4.69) is 150 Å². The van der Waals surface area contributed by atoms with Crippen LogP contribution < -0.4 is 15.9 Å². The van der Waals surface area contributed by atoms with E-state index < -0.39 is 14.1 Å². The van der Waals surface area contributed by atoms with Gasteiger partial charge in [0.2, 0.25) is 0 Å². The van der Waals surface area contributed by atoms with Crippen LogP contribution in [0.3, 0.4) is 0 Å². The molecule has 5 aromatic carbocycles. The predicted octanol–water partition coefficient (Wildman–Crippen LogP) is 13.5. The molecule has 5 aromatic rings. The van der Waals surface area contributed by atoms with Crippen molar-refractivity contribution in [2.45, 2.75) is 61.8 Å². The van der Waals surface area contributed by atoms with Crippen molar-refractivity contribution in [1.29, 1.82) is 0 Å². The molecule has 0 spiro atoms. The summed E-state index contributed by atoms with van der Waals surface area (Å²) in [5.41, 5.74) is 1.00. The number of ether oxygens (including phenoxy) is 2. The normalized spacial score (nSPS) is 9.47. The van der Waals surface area contributed by atoms with Gasteiger partial charge in [0.1, 0.15) is 0 Å². The molecule has 308 valence electrons. The Morgan fingerprint density at radius 3 is 1.26 bits per heavy atom. The summed E-state index contributed by atoms with van der Waals surface area (Å²) < 4.78 is 20.1. The first-order valence-electron chi connectivity index (χ1n) is 17.4. The van der Waals surface area contributed by atoms with Gasteiger partial charge in [-0.25, -0.2) is 9.59 Å². The molecule has 5 nitrogen and oxygen atoms in total. The predicted molar refractivity (Wildman–Crippen MR) is 261 cm³/mol. The van der Waals surface area contributed by atoms with Crippen LogP contribution in [0.1, 0.15) is 67.4 Å². The van der Waals surface area contributed by atoms with Crippen molar-refractivity contribution in [3.05, 3.63) is 180 Å². The van der Waals surface area contributed by atoms with Crippen molar-refractivity contribution >= 4 is 88.5 Å². The van der Waals surface area contributed by atoms with Crippen LogP contribution in [-0.4, -0.2) is 25.2 Å². The largest absolute Gasteiger partial charge is 0.463 e. The van der Waals surface area contributed by atoms with Crippen molar-refractivity contribution in [2.75, 3.05) is 13.2 Å². The SMILES string of the molecule is Brc1ccccc1.C.C.C.C=CC(=O)OCCCC.CCCCOC(=O)/C=C/c1ccccc1.O=[P+]([S-])S.c1ccc(P(c2ccccc2)c2ccccc2)cc1. The number of halogens is 1. The summed E-state index contributed by atoms with van der Waals surface area (Å²) in [6.45, 7) is 8.39. The van der Waals surface area contributed by atoms with Gasteiger partial charge in [-0.3, -0.25) is 0 Å². The summed E-state index contributed by atoms with van der Waals surface area (Å²) in [6.07, 6.45) is 6.74. The lowest BCUT2D eigenvalue weighted by Gasteiger charge is -2.18. The molecule has 0 N–H and O–H groups in total. The number of benzene rings is 5. The maximum atomic E-state index is 11.2. The van der Waals surface area contributed by atoms with Gasteiger partial charge in [-0.1, -0.05) is 216 Å². The number of rotatable bonds is 12. The van der Waals surface area contributed by atoms with Crippen LogP contribution in [0.15, 0.2) is 175 Å². The van der Waals surface area contributed by atoms with Gasteiger partial charge in [0.25, 0.3) is 6.20 Å². The lowest BCUT2D eigenvalue weighted by Crippen LogP contribution is -2.20. The van der Waals surface area contributed by atoms with E-state index in [-0.39, 0.29) is 34.2 Å². The van der Waals surface area contributed by atoms with Gasteiger partial charge < -0.3 is 21.7 Å². The Balaban J connectivity index is -0.000000687. The van der Waals surface area contributed by atoms with Gasteiger partial charge >= 0.3 is 11.9 Å². The van der Waals surface area contributed by atoms with Crippen LogP contribution in [0.4, 0.5) is 0 Å². The summed E-state index contributed by atoms with van der Waals surface area (Å²) in [6, 6.07) is 52.0. The summed E-state index contributed by atoms with van der Waals surface area (Å²) in [7, 11) is -0.446. The number of thiol groups is 1. The second kappa shape index (κ2) is 39.1. The molecule has 0 aromatic heterocycles. The standard InChI is InChI=1S/C18H15P.C13H16O2.C7H12O2.C6H5Br.3CH4.HOPS2/c1-4-10-16(11-5-1)19(17-12-6-2-7-13-17)18-14-8-3-9-15-18;1-2-3-11-15-13(14)10-9-12-7-5-4-6-8-12;1-3-5-6-9-7(8)4-2;7-6-4-2-1-3-5-6;;;;1-2(3)4/h1-15H;4-10H,2-3,11H2,1H3;4H,2-3,5-6H2,1H3;1-5H;3*1H4;(H,1,3,4)/b;10-9+;;;;;;. The van der Waals surface area contributed by atoms with Crippen LogP contribution in [-0.2, 0) is 35.9 Å². The lowest BCUT2D eigenvalue weighted by atomic mass is 10.2. The third-order valence-corrected chi connectivity index (χ3v) is 9.61. The molecule has 0 saturated heterocycles. The number of hydrogen-bond acceptors (Lipinski definition) is 6. The average Bonchev–Trinajstić information content (AvgIpc) is 3.20. The number of esters is 2. The summed E-state index contributed by atoms with van der Waals surface area (Å²) in [5.74, 6) is -0.601. The first kappa shape index (κ1) is 57.6. The van der Waals surface area contributed by atoms with E-state index in [1.165, 1.54) is 28.1 Å². The number of carbonyl (C=O) groups is 2. The molecule has 10 heteroatoms. The van der Waals surface area contributed by atoms with Crippen molar-refractivity contribution in [2.24, 2.45) is 0 Å². The molecule has 0 aliphatic carbocycles. The fourth-order valence-electron chi connectivity index (χ4n) is 4.06. The second-order valence-electron chi connectivity index (χ2n) is 10.9. The minimum Gasteiger partial charge on any atom is -0.463 e. The minimum absolute atomic E-state index is 0. The van der Waals surface area contributed by atoms with E-state index in [0.29, 0.717) is 13.2 Å². The summed E-state index contributed by atoms with van der Waals surface area (Å²) in [5, 5.41) is 4.19. The Labute approximate surface area is 365 Å². The second-order valence-corrected chi connectivity index (χ2v) is 17.4. The topological polar surface area (TPSA) is 69.7 Å². The zero-order chi connectivity index (χ0) is 39.7. The van der Waals surface area contributed by atoms with Crippen molar-refractivity contribution in [3.63, 3.8) is 0 Å². The Morgan fingerprint density at radius 1 is 0.649 bits per heavy atom. The highest BCUT2D eigenvalue weighted by Crippen LogP contribution is 2.32. The molecule has 5 rings (SSSR count). The molecule has 0 heterocycles. The fourth-order valence-corrected chi connectivity index (χ4v) is 6.67. The van der Waals surface area contributed by atoms with Crippen LogP contribution >= 0.6 is 42.3 Å². The minimum atomic E-state index is -1.59. The average molecular weight is 912 g/mol. The van der Waals surface area contributed by atoms with E-state index in [0.717, 1.165) is 35.7 Å². The van der Waals surface area contributed by atoms with Crippen molar-refractivity contribution in [1.82, 2.24) is 0 Å². The highest BCUT2D eigenvalue weighted by Gasteiger charge is 2.15. The first-order valence-corrected chi connectivity index (χ1v) is 23.0. The monoisotopic (exact) mass is 910 g/mol. The Kier molecular flexibility index (Phi) is 39.5. The number of hydrogen-bond donors (Lipinski definition) is 1. The summed E-state index contributed by atoms with van der Waals surface area (Å²) in [4.78, 5) is 21.5. The van der Waals surface area contributed by atoms with Gasteiger partial charge in [-0.05, 0) is 60.4 Å². The number of unbranched alkanes of at least 4 members (excludes halogenated alkanes) is 2. The fraction of sp³-hybridized carbons (Fsp3) is 0.234. The van der Waals surface area contributed by atoms with Gasteiger partial charge in [0.05, 0.1) is 25.5 Å². The van der Waals surface area contributed by atoms with E-state index >= 15 is 0 Å². The first-order chi connectivity index (χ1) is 26.2. The molecule has 0 fully saturated rings. The van der Waals surface area contributed by atoms with E-state index in [9.17, 15) is 14.2 Å². The smallest absolute Gasteiger partial charge is 0.330 e. The maximum Gasteiger partial charge on any atom is 0.330 e. The molecule has 1 unspecified atom stereocenters. The van der Waals surface area contributed by atoms with Crippen molar-refractivity contribution < 1.29 is 23.6 Å². The molecule has 0 saturated carbocycles. The molecular formula is C47H61BrO5P2S2. The maximum absolute atomic E-state index is 11.2. The molecule has 57 heavy (non-hydrogen) atoms. The Bertz CT molecular complexity index is 1640. The zero-order valence-corrected chi connectivity index (χ0v) is 35.9. The highest BCUT2D eigenvalue weighted by molar-refractivity contribution is 9.10. The van der Waals surface area contributed by atoms with E-state index in [4.69, 9.17) is 4.74 Å². The van der Waals surface area contributed by atoms with Crippen molar-refractivity contribution in [3.8, 4) is 0 Å². The molecule has 0 aliphatic heterocycles. The van der Waals surface area contributed by atoms with Gasteiger partial charge in [-0.15, -0.1) is 0 Å².